The van der Waals surface area contributed by atoms with E-state index in [1.807, 2.05) is 19.1 Å². The van der Waals surface area contributed by atoms with Crippen LogP contribution in [-0.2, 0) is 4.79 Å². The summed E-state index contributed by atoms with van der Waals surface area (Å²) in [5.41, 5.74) is 1.65. The van der Waals surface area contributed by atoms with E-state index >= 15 is 0 Å². The van der Waals surface area contributed by atoms with Crippen LogP contribution in [0.3, 0.4) is 0 Å². The number of carboxylic acid groups (broad SMARTS) is 1. The zero-order valence-corrected chi connectivity index (χ0v) is 12.1. The summed E-state index contributed by atoms with van der Waals surface area (Å²) in [4.78, 5) is 13.5. The van der Waals surface area contributed by atoms with Crippen molar-refractivity contribution in [3.8, 4) is 0 Å². The minimum atomic E-state index is -0.810. The van der Waals surface area contributed by atoms with Gasteiger partial charge in [-0.25, -0.2) is 0 Å². The van der Waals surface area contributed by atoms with Gasteiger partial charge in [-0.15, -0.1) is 0 Å². The van der Waals surface area contributed by atoms with Gasteiger partial charge in [0.25, 0.3) is 0 Å². The van der Waals surface area contributed by atoms with Gasteiger partial charge in [-0.1, -0.05) is 42.3 Å². The van der Waals surface area contributed by atoms with E-state index in [0.29, 0.717) is 16.6 Å². The lowest BCUT2D eigenvalue weighted by Crippen LogP contribution is -2.37. The number of likely N-dealkylation sites (N-methyl/N-ethyl adjacent to an activating group) is 1. The molecule has 19 heavy (non-hydrogen) atoms. The molecule has 1 aliphatic rings. The van der Waals surface area contributed by atoms with Crippen LogP contribution in [0.25, 0.3) is 5.57 Å². The first kappa shape index (κ1) is 14.4. The summed E-state index contributed by atoms with van der Waals surface area (Å²) in [5, 5.41) is 10.3. The van der Waals surface area contributed by atoms with Crippen LogP contribution in [0.5, 0.6) is 0 Å². The molecule has 0 fully saturated rings. The van der Waals surface area contributed by atoms with Gasteiger partial charge in [0.1, 0.15) is 0 Å². The standard InChI is InChI=1S/C14H15Cl2NO2/c1-2-17-6-5-10(11(8-17)14(18)19)9-3-4-12(15)13(16)7-9/h3-5,7,11H,2,6,8H2,1H3,(H,18,19). The Hall–Kier alpha value is -1.03. The Labute approximate surface area is 122 Å². The first-order valence-electron chi connectivity index (χ1n) is 6.13. The first-order valence-corrected chi connectivity index (χ1v) is 6.89. The van der Waals surface area contributed by atoms with Gasteiger partial charge >= 0.3 is 5.97 Å². The summed E-state index contributed by atoms with van der Waals surface area (Å²) < 4.78 is 0. The largest absolute Gasteiger partial charge is 0.481 e. The van der Waals surface area contributed by atoms with Crippen molar-refractivity contribution < 1.29 is 9.90 Å². The van der Waals surface area contributed by atoms with Crippen LogP contribution in [0.4, 0.5) is 0 Å². The minimum absolute atomic E-state index is 0.446. The molecule has 1 heterocycles. The van der Waals surface area contributed by atoms with Gasteiger partial charge < -0.3 is 5.11 Å². The van der Waals surface area contributed by atoms with Crippen LogP contribution in [0.2, 0.25) is 10.0 Å². The number of benzene rings is 1. The molecule has 0 saturated heterocycles. The smallest absolute Gasteiger partial charge is 0.312 e. The highest BCUT2D eigenvalue weighted by atomic mass is 35.5. The second kappa shape index (κ2) is 5.95. The van der Waals surface area contributed by atoms with E-state index in [1.54, 1.807) is 12.1 Å². The summed E-state index contributed by atoms with van der Waals surface area (Å²) in [6.45, 7) is 4.15. The van der Waals surface area contributed by atoms with Crippen LogP contribution in [0.15, 0.2) is 24.3 Å². The average molecular weight is 300 g/mol. The molecule has 0 aliphatic carbocycles. The second-order valence-corrected chi connectivity index (χ2v) is 5.35. The van der Waals surface area contributed by atoms with E-state index in [0.717, 1.165) is 24.2 Å². The van der Waals surface area contributed by atoms with Crippen molar-refractivity contribution in [2.45, 2.75) is 6.92 Å². The quantitative estimate of drug-likeness (QED) is 0.930. The van der Waals surface area contributed by atoms with E-state index in [1.165, 1.54) is 0 Å². The monoisotopic (exact) mass is 299 g/mol. The van der Waals surface area contributed by atoms with Crippen LogP contribution in [0.1, 0.15) is 12.5 Å². The molecule has 1 unspecified atom stereocenters. The number of carboxylic acids is 1. The Morgan fingerprint density at radius 3 is 2.74 bits per heavy atom. The predicted molar refractivity (Wildman–Crippen MR) is 77.7 cm³/mol. The lowest BCUT2D eigenvalue weighted by atomic mass is 9.89. The molecule has 1 N–H and O–H groups in total. The number of hydrogen-bond acceptors (Lipinski definition) is 2. The molecule has 0 radical (unpaired) electrons. The number of halogens is 2. The molecule has 0 saturated carbocycles. The van der Waals surface area contributed by atoms with Crippen LogP contribution < -0.4 is 0 Å². The normalized spacial score (nSPS) is 20.2. The molecule has 0 amide bonds. The van der Waals surface area contributed by atoms with E-state index < -0.39 is 11.9 Å². The maximum absolute atomic E-state index is 11.4. The third-order valence-corrected chi connectivity index (χ3v) is 4.12. The number of rotatable bonds is 3. The van der Waals surface area contributed by atoms with E-state index in [9.17, 15) is 9.90 Å². The maximum atomic E-state index is 11.4. The number of nitrogens with zero attached hydrogens (tertiary/aromatic N) is 1. The Bertz CT molecular complexity index is 528. The highest BCUT2D eigenvalue weighted by Gasteiger charge is 2.28. The van der Waals surface area contributed by atoms with Crippen molar-refractivity contribution in [2.75, 3.05) is 19.6 Å². The van der Waals surface area contributed by atoms with Crippen molar-refractivity contribution in [3.63, 3.8) is 0 Å². The molecule has 0 spiro atoms. The van der Waals surface area contributed by atoms with Crippen molar-refractivity contribution >= 4 is 34.7 Å². The van der Waals surface area contributed by atoms with Crippen LogP contribution >= 0.6 is 23.2 Å². The van der Waals surface area contributed by atoms with E-state index in [4.69, 9.17) is 23.2 Å². The third-order valence-electron chi connectivity index (χ3n) is 3.38. The SMILES string of the molecule is CCN1CC=C(c2ccc(Cl)c(Cl)c2)C(C(=O)O)C1. The molecule has 102 valence electrons. The van der Waals surface area contributed by atoms with Gasteiger partial charge in [0.15, 0.2) is 0 Å². The Balaban J connectivity index is 2.37. The lowest BCUT2D eigenvalue weighted by Gasteiger charge is -2.30. The maximum Gasteiger partial charge on any atom is 0.312 e. The predicted octanol–water partition coefficient (Wildman–Crippen LogP) is 3.41. The van der Waals surface area contributed by atoms with Gasteiger partial charge in [0, 0.05) is 13.1 Å². The van der Waals surface area contributed by atoms with Gasteiger partial charge in [-0.05, 0) is 29.8 Å². The van der Waals surface area contributed by atoms with Crippen LogP contribution in [-0.4, -0.2) is 35.6 Å². The summed E-state index contributed by atoms with van der Waals surface area (Å²) >= 11 is 11.9. The molecule has 5 heteroatoms. The number of hydrogen-bond donors (Lipinski definition) is 1. The average Bonchev–Trinajstić information content (AvgIpc) is 2.41. The molecular formula is C14H15Cl2NO2. The third kappa shape index (κ3) is 3.11. The molecule has 2 rings (SSSR count). The van der Waals surface area contributed by atoms with Crippen LogP contribution in [0, 0.1) is 5.92 Å². The topological polar surface area (TPSA) is 40.5 Å². The Kier molecular flexibility index (Phi) is 4.50. The molecule has 3 nitrogen and oxygen atoms in total. The van der Waals surface area contributed by atoms with Crippen molar-refractivity contribution in [1.82, 2.24) is 4.90 Å². The summed E-state index contributed by atoms with van der Waals surface area (Å²) in [7, 11) is 0. The molecule has 1 atom stereocenters. The zero-order chi connectivity index (χ0) is 14.0. The highest BCUT2D eigenvalue weighted by molar-refractivity contribution is 6.42. The minimum Gasteiger partial charge on any atom is -0.481 e. The second-order valence-electron chi connectivity index (χ2n) is 4.53. The number of carbonyl (C=O) groups is 1. The molecule has 1 aromatic rings. The molecule has 0 bridgehead atoms. The van der Waals surface area contributed by atoms with Crippen molar-refractivity contribution in [1.29, 1.82) is 0 Å². The molecule has 0 aromatic heterocycles. The lowest BCUT2D eigenvalue weighted by molar-refractivity contribution is -0.140. The fourth-order valence-corrected chi connectivity index (χ4v) is 2.56. The molecule has 1 aromatic carbocycles. The highest BCUT2D eigenvalue weighted by Crippen LogP contribution is 2.32. The summed E-state index contributed by atoms with van der Waals surface area (Å²) in [5.74, 6) is -1.33. The zero-order valence-electron chi connectivity index (χ0n) is 10.6. The van der Waals surface area contributed by atoms with Gasteiger partial charge in [0.2, 0.25) is 0 Å². The van der Waals surface area contributed by atoms with Crippen molar-refractivity contribution in [2.24, 2.45) is 5.92 Å². The first-order chi connectivity index (χ1) is 9.02. The van der Waals surface area contributed by atoms with Crippen molar-refractivity contribution in [3.05, 3.63) is 39.9 Å². The Morgan fingerprint density at radius 1 is 1.42 bits per heavy atom. The van der Waals surface area contributed by atoms with Gasteiger partial charge in [-0.2, -0.15) is 0 Å². The Morgan fingerprint density at radius 2 is 2.16 bits per heavy atom. The summed E-state index contributed by atoms with van der Waals surface area (Å²) in [6, 6.07) is 5.25. The molecular weight excluding hydrogens is 285 g/mol. The van der Waals surface area contributed by atoms with Gasteiger partial charge in [0.05, 0.1) is 16.0 Å². The van der Waals surface area contributed by atoms with Gasteiger partial charge in [-0.3, -0.25) is 9.69 Å². The number of aliphatic carboxylic acids is 1. The van der Waals surface area contributed by atoms with E-state index in [2.05, 4.69) is 4.90 Å². The van der Waals surface area contributed by atoms with E-state index in [-0.39, 0.29) is 0 Å². The molecule has 1 aliphatic heterocycles. The fourth-order valence-electron chi connectivity index (χ4n) is 2.26. The summed E-state index contributed by atoms with van der Waals surface area (Å²) in [6.07, 6.45) is 1.96. The fraction of sp³-hybridized carbons (Fsp3) is 0.357.